The Labute approximate surface area is 71.2 Å². The molecule has 3 heteroatoms. The van der Waals surface area contributed by atoms with Crippen molar-refractivity contribution in [3.8, 4) is 11.5 Å². The molecule has 0 aliphatic carbocycles. The number of nitrogens with zero attached hydrogens (tertiary/aromatic N) is 1. The maximum Gasteiger partial charge on any atom is 0.161 e. The predicted octanol–water partition coefficient (Wildman–Crippen LogP) is 1.49. The molecule has 1 N–H and O–H groups in total. The number of rotatable bonds is 0. The van der Waals surface area contributed by atoms with E-state index in [4.69, 9.17) is 4.74 Å². The Morgan fingerprint density at radius 2 is 2.25 bits per heavy atom. The van der Waals surface area contributed by atoms with Crippen molar-refractivity contribution < 1.29 is 9.84 Å². The fourth-order valence-corrected chi connectivity index (χ4v) is 1.45. The Morgan fingerprint density at radius 1 is 1.50 bits per heavy atom. The summed E-state index contributed by atoms with van der Waals surface area (Å²) in [5, 5.41) is 9.56. The van der Waals surface area contributed by atoms with Crippen LogP contribution < -0.4 is 9.64 Å². The zero-order chi connectivity index (χ0) is 8.72. The lowest BCUT2D eigenvalue weighted by Gasteiger charge is -2.09. The van der Waals surface area contributed by atoms with Crippen LogP contribution in [0.25, 0.3) is 0 Å². The average Bonchev–Trinajstić information content (AvgIpc) is 2.31. The number of fused-ring (bicyclic) bond motifs is 1. The van der Waals surface area contributed by atoms with Gasteiger partial charge >= 0.3 is 0 Å². The Balaban J connectivity index is 2.60. The molecule has 1 aromatic carbocycles. The lowest BCUT2D eigenvalue weighted by atomic mass is 10.2. The maximum atomic E-state index is 9.56. The first kappa shape index (κ1) is 7.28. The van der Waals surface area contributed by atoms with Gasteiger partial charge in [-0.25, -0.2) is 0 Å². The van der Waals surface area contributed by atoms with Gasteiger partial charge in [0.15, 0.2) is 6.73 Å². The van der Waals surface area contributed by atoms with Gasteiger partial charge in [-0.15, -0.1) is 0 Å². The molecule has 0 atom stereocenters. The molecular weight excluding hydrogens is 154 g/mol. The molecule has 1 heterocycles. The lowest BCUT2D eigenvalue weighted by Crippen LogP contribution is -2.14. The number of anilines is 1. The van der Waals surface area contributed by atoms with Crippen molar-refractivity contribution in [3.05, 3.63) is 17.7 Å². The number of hydrogen-bond donors (Lipinski definition) is 1. The van der Waals surface area contributed by atoms with Crippen LogP contribution in [-0.2, 0) is 0 Å². The van der Waals surface area contributed by atoms with Crippen LogP contribution >= 0.6 is 0 Å². The summed E-state index contributed by atoms with van der Waals surface area (Å²) >= 11 is 0. The van der Waals surface area contributed by atoms with E-state index in [9.17, 15) is 5.11 Å². The summed E-state index contributed by atoms with van der Waals surface area (Å²) in [6, 6.07) is 3.67. The molecule has 0 saturated heterocycles. The summed E-state index contributed by atoms with van der Waals surface area (Å²) in [5.41, 5.74) is 1.81. The summed E-state index contributed by atoms with van der Waals surface area (Å²) in [4.78, 5) is 1.88. The molecule has 64 valence electrons. The monoisotopic (exact) mass is 165 g/mol. The number of phenols is 1. The molecule has 0 amide bonds. The number of hydrogen-bond acceptors (Lipinski definition) is 3. The summed E-state index contributed by atoms with van der Waals surface area (Å²) in [5.74, 6) is 1.07. The lowest BCUT2D eigenvalue weighted by molar-refractivity contribution is 0.353. The first-order valence-electron chi connectivity index (χ1n) is 3.86. The van der Waals surface area contributed by atoms with E-state index in [0.29, 0.717) is 12.5 Å². The standard InChI is InChI=1S/C9H11NO2/c1-6-3-7(11)9-8(4-6)12-5-10(9)2/h3-4,11H,5H2,1-2H3. The number of phenolic OH excluding ortho intramolecular Hbond substituents is 1. The number of ether oxygens (including phenoxy) is 1. The summed E-state index contributed by atoms with van der Waals surface area (Å²) in [6.07, 6.45) is 0. The minimum absolute atomic E-state index is 0.296. The summed E-state index contributed by atoms with van der Waals surface area (Å²) in [7, 11) is 1.89. The summed E-state index contributed by atoms with van der Waals surface area (Å²) < 4.78 is 5.34. The fraction of sp³-hybridized carbons (Fsp3) is 0.333. The summed E-state index contributed by atoms with van der Waals surface area (Å²) in [6.45, 7) is 2.45. The molecule has 12 heavy (non-hydrogen) atoms. The van der Waals surface area contributed by atoms with Gasteiger partial charge in [-0.2, -0.15) is 0 Å². The second-order valence-corrected chi connectivity index (χ2v) is 3.10. The van der Waals surface area contributed by atoms with Gasteiger partial charge in [0.2, 0.25) is 0 Å². The van der Waals surface area contributed by atoms with Crippen LogP contribution in [0.3, 0.4) is 0 Å². The van der Waals surface area contributed by atoms with Gasteiger partial charge in [-0.1, -0.05) is 0 Å². The van der Waals surface area contributed by atoms with Crippen molar-refractivity contribution in [2.45, 2.75) is 6.92 Å². The van der Waals surface area contributed by atoms with Crippen LogP contribution in [0.15, 0.2) is 12.1 Å². The van der Waals surface area contributed by atoms with E-state index in [1.54, 1.807) is 6.07 Å². The quantitative estimate of drug-likeness (QED) is 0.632. The second-order valence-electron chi connectivity index (χ2n) is 3.10. The molecule has 1 aliphatic heterocycles. The molecule has 0 fully saturated rings. The van der Waals surface area contributed by atoms with Crippen LogP contribution in [0.1, 0.15) is 5.56 Å². The van der Waals surface area contributed by atoms with Gasteiger partial charge < -0.3 is 14.7 Å². The maximum absolute atomic E-state index is 9.56. The van der Waals surface area contributed by atoms with Crippen molar-refractivity contribution in [1.82, 2.24) is 0 Å². The van der Waals surface area contributed by atoms with Gasteiger partial charge in [0.05, 0.1) is 0 Å². The van der Waals surface area contributed by atoms with Crippen molar-refractivity contribution in [1.29, 1.82) is 0 Å². The van der Waals surface area contributed by atoms with Crippen molar-refractivity contribution in [2.75, 3.05) is 18.7 Å². The Morgan fingerprint density at radius 3 is 3.00 bits per heavy atom. The zero-order valence-corrected chi connectivity index (χ0v) is 7.16. The number of benzene rings is 1. The highest BCUT2D eigenvalue weighted by Crippen LogP contribution is 2.41. The minimum atomic E-state index is 0.296. The van der Waals surface area contributed by atoms with Crippen molar-refractivity contribution >= 4 is 5.69 Å². The van der Waals surface area contributed by atoms with Gasteiger partial charge in [0, 0.05) is 7.05 Å². The highest BCUT2D eigenvalue weighted by Gasteiger charge is 2.20. The van der Waals surface area contributed by atoms with E-state index < -0.39 is 0 Å². The third-order valence-corrected chi connectivity index (χ3v) is 1.99. The average molecular weight is 165 g/mol. The Kier molecular flexibility index (Phi) is 1.40. The first-order chi connectivity index (χ1) is 5.68. The smallest absolute Gasteiger partial charge is 0.161 e. The fourth-order valence-electron chi connectivity index (χ4n) is 1.45. The molecule has 0 radical (unpaired) electrons. The van der Waals surface area contributed by atoms with Crippen LogP contribution in [0.2, 0.25) is 0 Å². The van der Waals surface area contributed by atoms with E-state index in [1.165, 1.54) is 0 Å². The van der Waals surface area contributed by atoms with Gasteiger partial charge in [-0.3, -0.25) is 0 Å². The highest BCUT2D eigenvalue weighted by atomic mass is 16.5. The molecule has 0 saturated carbocycles. The molecule has 0 spiro atoms. The first-order valence-corrected chi connectivity index (χ1v) is 3.86. The van der Waals surface area contributed by atoms with E-state index >= 15 is 0 Å². The van der Waals surface area contributed by atoms with Gasteiger partial charge in [-0.05, 0) is 24.6 Å². The van der Waals surface area contributed by atoms with Gasteiger partial charge in [0.1, 0.15) is 17.2 Å². The minimum Gasteiger partial charge on any atom is -0.506 e. The van der Waals surface area contributed by atoms with Crippen molar-refractivity contribution in [3.63, 3.8) is 0 Å². The van der Waals surface area contributed by atoms with E-state index in [0.717, 1.165) is 17.0 Å². The second kappa shape index (κ2) is 2.30. The number of aromatic hydroxyl groups is 1. The molecule has 1 aromatic rings. The Hall–Kier alpha value is -1.38. The third-order valence-electron chi connectivity index (χ3n) is 1.99. The van der Waals surface area contributed by atoms with Crippen LogP contribution in [0.4, 0.5) is 5.69 Å². The van der Waals surface area contributed by atoms with Crippen molar-refractivity contribution in [2.24, 2.45) is 0 Å². The molecule has 0 bridgehead atoms. The highest BCUT2D eigenvalue weighted by molar-refractivity contribution is 5.70. The van der Waals surface area contributed by atoms with Crippen LogP contribution in [-0.4, -0.2) is 18.9 Å². The molecule has 1 aliphatic rings. The van der Waals surface area contributed by atoms with Gasteiger partial charge in [0.25, 0.3) is 0 Å². The number of aryl methyl sites for hydroxylation is 1. The van der Waals surface area contributed by atoms with E-state index in [2.05, 4.69) is 0 Å². The molecular formula is C9H11NO2. The third kappa shape index (κ3) is 0.897. The molecule has 2 rings (SSSR count). The SMILES string of the molecule is Cc1cc(O)c2c(c1)OCN2C. The topological polar surface area (TPSA) is 32.7 Å². The zero-order valence-electron chi connectivity index (χ0n) is 7.16. The molecule has 0 aromatic heterocycles. The largest absolute Gasteiger partial charge is 0.506 e. The normalized spacial score (nSPS) is 14.3. The van der Waals surface area contributed by atoms with E-state index in [1.807, 2.05) is 24.9 Å². The van der Waals surface area contributed by atoms with Crippen LogP contribution in [0.5, 0.6) is 11.5 Å². The molecule has 3 nitrogen and oxygen atoms in total. The van der Waals surface area contributed by atoms with Crippen LogP contribution in [0, 0.1) is 6.92 Å². The van der Waals surface area contributed by atoms with E-state index in [-0.39, 0.29) is 0 Å². The predicted molar refractivity (Wildman–Crippen MR) is 46.7 cm³/mol. The Bertz CT molecular complexity index is 323. The molecule has 0 unspecified atom stereocenters.